The van der Waals surface area contributed by atoms with E-state index in [-0.39, 0.29) is 18.0 Å². The van der Waals surface area contributed by atoms with Crippen LogP contribution in [0.15, 0.2) is 40.3 Å². The normalized spacial score (nSPS) is 18.9. The van der Waals surface area contributed by atoms with E-state index in [2.05, 4.69) is 22.1 Å². The number of rotatable bonds is 5. The summed E-state index contributed by atoms with van der Waals surface area (Å²) in [4.78, 5) is 14.1. The Bertz CT molecular complexity index is 538. The lowest BCUT2D eigenvalue weighted by Crippen LogP contribution is -2.54. The number of hydrogen-bond donors (Lipinski definition) is 2. The Morgan fingerprint density at radius 2 is 1.90 bits per heavy atom. The molecule has 0 bridgehead atoms. The van der Waals surface area contributed by atoms with Crippen molar-refractivity contribution in [2.45, 2.75) is 45.4 Å². The second-order valence-electron chi connectivity index (χ2n) is 5.67. The highest BCUT2D eigenvalue weighted by atomic mass is 16.7. The number of nitrogens with zero attached hydrogens (tertiary/aromatic N) is 3. The third kappa shape index (κ3) is 3.95. The van der Waals surface area contributed by atoms with E-state index in [4.69, 9.17) is 16.3 Å². The van der Waals surface area contributed by atoms with Crippen molar-refractivity contribution in [3.63, 3.8) is 0 Å². The van der Waals surface area contributed by atoms with Crippen LogP contribution in [0.3, 0.4) is 0 Å². The Kier molecular flexibility index (Phi) is 4.47. The predicted octanol–water partition coefficient (Wildman–Crippen LogP) is 1.62. The molecular formula is C15H23N5O. The van der Waals surface area contributed by atoms with Crippen molar-refractivity contribution in [1.29, 1.82) is 0 Å². The predicted molar refractivity (Wildman–Crippen MR) is 84.5 cm³/mol. The lowest BCUT2D eigenvalue weighted by molar-refractivity contribution is -0.190. The van der Waals surface area contributed by atoms with E-state index in [0.29, 0.717) is 0 Å². The molecule has 0 radical (unpaired) electrons. The van der Waals surface area contributed by atoms with Crippen LogP contribution in [0.5, 0.6) is 0 Å². The second-order valence-corrected chi connectivity index (χ2v) is 5.67. The summed E-state index contributed by atoms with van der Waals surface area (Å²) in [5.41, 5.74) is 12.2. The van der Waals surface area contributed by atoms with E-state index in [1.807, 2.05) is 39.0 Å². The smallest absolute Gasteiger partial charge is 0.226 e. The molecule has 2 rings (SSSR count). The van der Waals surface area contributed by atoms with Gasteiger partial charge >= 0.3 is 0 Å². The number of hydrogen-bond acceptors (Lipinski definition) is 6. The number of guanidine groups is 2. The van der Waals surface area contributed by atoms with Gasteiger partial charge in [0.15, 0.2) is 5.66 Å². The zero-order valence-electron chi connectivity index (χ0n) is 12.8. The van der Waals surface area contributed by atoms with Gasteiger partial charge in [-0.3, -0.25) is 4.84 Å². The minimum absolute atomic E-state index is 0.00671. The second kappa shape index (κ2) is 6.13. The Hall–Kier alpha value is -2.08. The summed E-state index contributed by atoms with van der Waals surface area (Å²) < 4.78 is 0. The van der Waals surface area contributed by atoms with E-state index >= 15 is 0 Å². The largest absolute Gasteiger partial charge is 0.368 e. The molecule has 1 atom stereocenters. The van der Waals surface area contributed by atoms with Crippen LogP contribution in [0.2, 0.25) is 0 Å². The molecule has 6 nitrogen and oxygen atoms in total. The van der Waals surface area contributed by atoms with Gasteiger partial charge in [0.05, 0.1) is 6.10 Å². The fourth-order valence-electron chi connectivity index (χ4n) is 2.22. The molecule has 1 unspecified atom stereocenters. The van der Waals surface area contributed by atoms with Gasteiger partial charge in [-0.2, -0.15) is 10.1 Å². The summed E-state index contributed by atoms with van der Waals surface area (Å²) in [7, 11) is 0. The first-order valence-corrected chi connectivity index (χ1v) is 7.09. The molecule has 21 heavy (non-hydrogen) atoms. The molecule has 0 fully saturated rings. The minimum atomic E-state index is -0.656. The standard InChI is InChI=1S/C15H23N5O/c1-11(9-10-12-7-5-4-6-8-12)21-20-14(17)18-13(16)19-15(20,2)3/h4-8,11H,9-10H2,1-3H3,(H4,16,17,18,19). The fourth-order valence-corrected chi connectivity index (χ4v) is 2.22. The van der Waals surface area contributed by atoms with E-state index < -0.39 is 5.66 Å². The van der Waals surface area contributed by atoms with Gasteiger partial charge in [-0.05, 0) is 39.2 Å². The highest BCUT2D eigenvalue weighted by Gasteiger charge is 2.34. The molecule has 0 aromatic heterocycles. The van der Waals surface area contributed by atoms with Crippen molar-refractivity contribution in [3.05, 3.63) is 35.9 Å². The molecule has 0 spiro atoms. The topological polar surface area (TPSA) is 89.2 Å². The van der Waals surface area contributed by atoms with Crippen molar-refractivity contribution in [2.75, 3.05) is 0 Å². The first kappa shape index (κ1) is 15.3. The lowest BCUT2D eigenvalue weighted by Gasteiger charge is -2.38. The first-order chi connectivity index (χ1) is 9.88. The van der Waals surface area contributed by atoms with Crippen LogP contribution in [0, 0.1) is 0 Å². The monoisotopic (exact) mass is 289 g/mol. The summed E-state index contributed by atoms with van der Waals surface area (Å²) in [6, 6.07) is 10.3. The van der Waals surface area contributed by atoms with Crippen molar-refractivity contribution in [3.8, 4) is 0 Å². The SMILES string of the molecule is CC(CCc1ccccc1)ON1C(N)=NC(N)=NC1(C)C. The van der Waals surface area contributed by atoms with Crippen LogP contribution in [-0.4, -0.2) is 28.7 Å². The number of benzene rings is 1. The molecule has 114 valence electrons. The number of aryl methyl sites for hydroxylation is 1. The third-order valence-corrected chi connectivity index (χ3v) is 3.29. The van der Waals surface area contributed by atoms with E-state index in [0.717, 1.165) is 12.8 Å². The third-order valence-electron chi connectivity index (χ3n) is 3.29. The van der Waals surface area contributed by atoms with Crippen LogP contribution in [0.25, 0.3) is 0 Å². The quantitative estimate of drug-likeness (QED) is 0.862. The maximum Gasteiger partial charge on any atom is 0.226 e. The zero-order valence-corrected chi connectivity index (χ0v) is 12.8. The van der Waals surface area contributed by atoms with Crippen LogP contribution >= 0.6 is 0 Å². The molecule has 1 aromatic carbocycles. The number of nitrogens with two attached hydrogens (primary N) is 2. The van der Waals surface area contributed by atoms with Gasteiger partial charge in [0.25, 0.3) is 0 Å². The van der Waals surface area contributed by atoms with Gasteiger partial charge < -0.3 is 11.5 Å². The molecule has 0 amide bonds. The van der Waals surface area contributed by atoms with Gasteiger partial charge in [-0.15, -0.1) is 0 Å². The molecule has 1 aromatic rings. The van der Waals surface area contributed by atoms with Crippen LogP contribution < -0.4 is 11.5 Å². The molecule has 0 saturated carbocycles. The summed E-state index contributed by atoms with van der Waals surface area (Å²) in [5, 5.41) is 1.53. The highest BCUT2D eigenvalue weighted by Crippen LogP contribution is 2.22. The van der Waals surface area contributed by atoms with E-state index in [9.17, 15) is 0 Å². The number of aliphatic imine (C=N–C) groups is 2. The Labute approximate surface area is 125 Å². The van der Waals surface area contributed by atoms with Gasteiger partial charge in [-0.25, -0.2) is 4.99 Å². The maximum atomic E-state index is 5.90. The van der Waals surface area contributed by atoms with Crippen LogP contribution in [-0.2, 0) is 11.3 Å². The molecule has 4 N–H and O–H groups in total. The van der Waals surface area contributed by atoms with Crippen molar-refractivity contribution >= 4 is 11.9 Å². The zero-order chi connectivity index (χ0) is 15.5. The average molecular weight is 289 g/mol. The summed E-state index contributed by atoms with van der Waals surface area (Å²) >= 11 is 0. The van der Waals surface area contributed by atoms with Crippen molar-refractivity contribution in [2.24, 2.45) is 21.5 Å². The number of hydroxylamine groups is 2. The molecule has 6 heteroatoms. The molecule has 1 heterocycles. The lowest BCUT2D eigenvalue weighted by atomic mass is 10.1. The summed E-state index contributed by atoms with van der Waals surface area (Å²) in [5.74, 6) is 0.411. The van der Waals surface area contributed by atoms with Crippen LogP contribution in [0.4, 0.5) is 0 Å². The van der Waals surface area contributed by atoms with Gasteiger partial charge in [-0.1, -0.05) is 30.3 Å². The fraction of sp³-hybridized carbons (Fsp3) is 0.467. The van der Waals surface area contributed by atoms with Crippen molar-refractivity contribution < 1.29 is 4.84 Å². The molecular weight excluding hydrogens is 266 g/mol. The Morgan fingerprint density at radius 3 is 2.52 bits per heavy atom. The maximum absolute atomic E-state index is 5.90. The Morgan fingerprint density at radius 1 is 1.24 bits per heavy atom. The summed E-state index contributed by atoms with van der Waals surface area (Å²) in [6.07, 6.45) is 1.81. The van der Waals surface area contributed by atoms with E-state index in [1.54, 1.807) is 0 Å². The molecule has 0 aliphatic carbocycles. The minimum Gasteiger partial charge on any atom is -0.368 e. The summed E-state index contributed by atoms with van der Waals surface area (Å²) in [6.45, 7) is 5.77. The van der Waals surface area contributed by atoms with Gasteiger partial charge in [0.1, 0.15) is 0 Å². The van der Waals surface area contributed by atoms with E-state index in [1.165, 1.54) is 10.6 Å². The van der Waals surface area contributed by atoms with Crippen LogP contribution in [0.1, 0.15) is 32.8 Å². The molecule has 1 aliphatic rings. The molecule has 1 aliphatic heterocycles. The Balaban J connectivity index is 1.93. The molecule has 0 saturated heterocycles. The van der Waals surface area contributed by atoms with Crippen molar-refractivity contribution in [1.82, 2.24) is 5.06 Å². The first-order valence-electron chi connectivity index (χ1n) is 7.09. The average Bonchev–Trinajstić information content (AvgIpc) is 2.41. The van der Waals surface area contributed by atoms with Gasteiger partial charge in [0, 0.05) is 0 Å². The van der Waals surface area contributed by atoms with Gasteiger partial charge in [0.2, 0.25) is 11.9 Å². The highest BCUT2D eigenvalue weighted by molar-refractivity contribution is 5.95.